The molecular formula is C48H30N2. The van der Waals surface area contributed by atoms with E-state index in [1.54, 1.807) is 0 Å². The summed E-state index contributed by atoms with van der Waals surface area (Å²) in [4.78, 5) is 9.39. The second kappa shape index (κ2) is 11.5. The molecule has 0 fully saturated rings. The molecule has 0 atom stereocenters. The standard InChI is InChI=1S/C48H30N2/c1-2-12-34-28-44-43(27-33(34)11-1)47(39-17-5-3-15-37(39)35-23-21-31-13-9-25-49-45(31)29-35)41-19-7-8-20-42(41)48(44)40-18-6-4-16-38(40)36-24-22-32-14-10-26-50-46(32)30-36/h1-30H. The van der Waals surface area contributed by atoms with Gasteiger partial charge in [0.25, 0.3) is 0 Å². The van der Waals surface area contributed by atoms with Crippen LogP contribution in [0.15, 0.2) is 182 Å². The Kier molecular flexibility index (Phi) is 6.53. The van der Waals surface area contributed by atoms with Gasteiger partial charge in [0.2, 0.25) is 0 Å². The molecule has 0 N–H and O–H groups in total. The minimum Gasteiger partial charge on any atom is -0.256 e. The highest BCUT2D eigenvalue weighted by Gasteiger charge is 2.21. The molecule has 0 unspecified atom stereocenters. The lowest BCUT2D eigenvalue weighted by molar-refractivity contribution is 1.41. The summed E-state index contributed by atoms with van der Waals surface area (Å²) in [5.74, 6) is 0. The van der Waals surface area contributed by atoms with Crippen molar-refractivity contribution in [3.8, 4) is 44.5 Å². The Morgan fingerprint density at radius 2 is 0.680 bits per heavy atom. The fourth-order valence-electron chi connectivity index (χ4n) is 7.82. The Bertz CT molecular complexity index is 2740. The number of hydrogen-bond donors (Lipinski definition) is 0. The quantitative estimate of drug-likeness (QED) is 0.180. The Balaban J connectivity index is 1.32. The maximum Gasteiger partial charge on any atom is 0.0708 e. The van der Waals surface area contributed by atoms with Crippen LogP contribution in [0.25, 0.3) is 98.6 Å². The maximum absolute atomic E-state index is 4.69. The third-order valence-electron chi connectivity index (χ3n) is 10.1. The van der Waals surface area contributed by atoms with Crippen molar-refractivity contribution >= 4 is 54.1 Å². The van der Waals surface area contributed by atoms with Crippen LogP contribution in [-0.2, 0) is 0 Å². The third kappa shape index (κ3) is 4.57. The van der Waals surface area contributed by atoms with E-state index in [2.05, 4.69) is 158 Å². The van der Waals surface area contributed by atoms with Crippen molar-refractivity contribution < 1.29 is 0 Å². The molecule has 0 radical (unpaired) electrons. The SMILES string of the molecule is c1ccc(-c2c3ccccc3c(-c3ccccc3-c3ccc4cccnc4c3)c3cc4ccccc4cc23)c(-c2ccc3cccnc3c2)c1. The fraction of sp³-hybridized carbons (Fsp3) is 0. The fourth-order valence-corrected chi connectivity index (χ4v) is 7.82. The zero-order chi connectivity index (χ0) is 33.0. The van der Waals surface area contributed by atoms with Crippen molar-refractivity contribution in [3.05, 3.63) is 182 Å². The van der Waals surface area contributed by atoms with E-state index in [0.717, 1.165) is 32.9 Å². The molecule has 2 aromatic heterocycles. The number of rotatable bonds is 4. The van der Waals surface area contributed by atoms with Crippen LogP contribution < -0.4 is 0 Å². The molecule has 0 saturated carbocycles. The molecule has 0 amide bonds. The first-order chi connectivity index (χ1) is 24.8. The molecule has 0 saturated heterocycles. The molecule has 232 valence electrons. The Hall–Kier alpha value is -6.64. The van der Waals surface area contributed by atoms with E-state index in [1.165, 1.54) is 65.7 Å². The highest BCUT2D eigenvalue weighted by molar-refractivity contribution is 6.25. The lowest BCUT2D eigenvalue weighted by Gasteiger charge is -2.22. The van der Waals surface area contributed by atoms with E-state index in [9.17, 15) is 0 Å². The largest absolute Gasteiger partial charge is 0.256 e. The molecule has 8 aromatic carbocycles. The van der Waals surface area contributed by atoms with Gasteiger partial charge in [-0.25, -0.2) is 0 Å². The summed E-state index contributed by atoms with van der Waals surface area (Å²) in [5.41, 5.74) is 11.6. The van der Waals surface area contributed by atoms with Crippen LogP contribution in [0.3, 0.4) is 0 Å². The topological polar surface area (TPSA) is 25.8 Å². The van der Waals surface area contributed by atoms with Crippen LogP contribution >= 0.6 is 0 Å². The van der Waals surface area contributed by atoms with Gasteiger partial charge in [0.05, 0.1) is 11.0 Å². The number of benzene rings is 8. The number of hydrogen-bond acceptors (Lipinski definition) is 2. The van der Waals surface area contributed by atoms with Gasteiger partial charge in [0.15, 0.2) is 0 Å². The third-order valence-corrected chi connectivity index (χ3v) is 10.1. The summed E-state index contributed by atoms with van der Waals surface area (Å²) < 4.78 is 0. The predicted molar refractivity (Wildman–Crippen MR) is 211 cm³/mol. The monoisotopic (exact) mass is 634 g/mol. The van der Waals surface area contributed by atoms with Gasteiger partial charge >= 0.3 is 0 Å². The normalized spacial score (nSPS) is 11.6. The average Bonchev–Trinajstić information content (AvgIpc) is 3.19. The summed E-state index contributed by atoms with van der Waals surface area (Å²) in [6.45, 7) is 0. The van der Waals surface area contributed by atoms with Crippen LogP contribution in [-0.4, -0.2) is 9.97 Å². The van der Waals surface area contributed by atoms with Gasteiger partial charge in [0, 0.05) is 23.2 Å². The van der Waals surface area contributed by atoms with E-state index in [1.807, 2.05) is 24.5 Å². The molecule has 2 heterocycles. The van der Waals surface area contributed by atoms with Crippen molar-refractivity contribution in [2.45, 2.75) is 0 Å². The lowest BCUT2D eigenvalue weighted by atomic mass is 9.81. The molecule has 0 bridgehead atoms. The van der Waals surface area contributed by atoms with Crippen molar-refractivity contribution in [1.82, 2.24) is 9.97 Å². The Morgan fingerprint density at radius 3 is 1.16 bits per heavy atom. The van der Waals surface area contributed by atoms with Gasteiger partial charge in [-0.1, -0.05) is 133 Å². The van der Waals surface area contributed by atoms with E-state index < -0.39 is 0 Å². The van der Waals surface area contributed by atoms with Crippen LogP contribution in [0.2, 0.25) is 0 Å². The second-order valence-corrected chi connectivity index (χ2v) is 13.0. The van der Waals surface area contributed by atoms with Crippen LogP contribution in [0.4, 0.5) is 0 Å². The average molecular weight is 635 g/mol. The minimum absolute atomic E-state index is 0.997. The zero-order valence-electron chi connectivity index (χ0n) is 27.2. The van der Waals surface area contributed by atoms with Gasteiger partial charge in [-0.3, -0.25) is 9.97 Å². The number of pyridine rings is 2. The molecule has 0 aliphatic heterocycles. The van der Waals surface area contributed by atoms with Crippen molar-refractivity contribution in [1.29, 1.82) is 0 Å². The van der Waals surface area contributed by atoms with E-state index in [0.29, 0.717) is 0 Å². The van der Waals surface area contributed by atoms with E-state index in [-0.39, 0.29) is 0 Å². The van der Waals surface area contributed by atoms with Crippen molar-refractivity contribution in [3.63, 3.8) is 0 Å². The molecule has 2 nitrogen and oxygen atoms in total. The van der Waals surface area contributed by atoms with Gasteiger partial charge in [0.1, 0.15) is 0 Å². The first kappa shape index (κ1) is 28.4. The Morgan fingerprint density at radius 1 is 0.280 bits per heavy atom. The van der Waals surface area contributed by atoms with Crippen molar-refractivity contribution in [2.24, 2.45) is 0 Å². The first-order valence-corrected chi connectivity index (χ1v) is 17.1. The van der Waals surface area contributed by atoms with Gasteiger partial charge in [-0.05, 0) is 113 Å². The molecule has 10 aromatic rings. The molecular weight excluding hydrogens is 605 g/mol. The molecule has 2 heteroatoms. The smallest absolute Gasteiger partial charge is 0.0708 e. The number of aromatic nitrogens is 2. The van der Waals surface area contributed by atoms with Gasteiger partial charge in [-0.2, -0.15) is 0 Å². The van der Waals surface area contributed by atoms with Crippen LogP contribution in [0.1, 0.15) is 0 Å². The first-order valence-electron chi connectivity index (χ1n) is 17.1. The summed E-state index contributed by atoms with van der Waals surface area (Å²) >= 11 is 0. The van der Waals surface area contributed by atoms with Crippen LogP contribution in [0, 0.1) is 0 Å². The second-order valence-electron chi connectivity index (χ2n) is 13.0. The predicted octanol–water partition coefficient (Wildman–Crippen LogP) is 12.9. The molecule has 50 heavy (non-hydrogen) atoms. The highest BCUT2D eigenvalue weighted by Crippen LogP contribution is 2.49. The summed E-state index contributed by atoms with van der Waals surface area (Å²) in [6.07, 6.45) is 3.74. The van der Waals surface area contributed by atoms with E-state index >= 15 is 0 Å². The molecule has 0 spiro atoms. The highest BCUT2D eigenvalue weighted by atomic mass is 14.6. The van der Waals surface area contributed by atoms with Gasteiger partial charge < -0.3 is 0 Å². The number of nitrogens with zero attached hydrogens (tertiary/aromatic N) is 2. The summed E-state index contributed by atoms with van der Waals surface area (Å²) in [6, 6.07) is 61.6. The zero-order valence-corrected chi connectivity index (χ0v) is 27.2. The molecule has 10 rings (SSSR count). The maximum atomic E-state index is 4.69. The molecule has 0 aliphatic carbocycles. The summed E-state index contributed by atoms with van der Waals surface area (Å²) in [7, 11) is 0. The molecule has 0 aliphatic rings. The number of fused-ring (bicyclic) bond motifs is 5. The van der Waals surface area contributed by atoms with Gasteiger partial charge in [-0.15, -0.1) is 0 Å². The lowest BCUT2D eigenvalue weighted by Crippen LogP contribution is -1.94. The summed E-state index contributed by atoms with van der Waals surface area (Å²) in [5, 5.41) is 9.66. The van der Waals surface area contributed by atoms with Crippen LogP contribution in [0.5, 0.6) is 0 Å². The minimum atomic E-state index is 0.997. The van der Waals surface area contributed by atoms with E-state index in [4.69, 9.17) is 9.97 Å². The Labute approximate surface area is 290 Å². The van der Waals surface area contributed by atoms with Crippen molar-refractivity contribution in [2.75, 3.05) is 0 Å².